The van der Waals surface area contributed by atoms with E-state index >= 15 is 0 Å². The van der Waals surface area contributed by atoms with E-state index in [2.05, 4.69) is 11.1 Å². The van der Waals surface area contributed by atoms with Crippen LogP contribution < -0.4 is 4.74 Å². The number of benzene rings is 2. The third kappa shape index (κ3) is 4.95. The van der Waals surface area contributed by atoms with Crippen LogP contribution in [0.5, 0.6) is 5.75 Å². The molecular formula is C23H20N2O3S. The lowest BCUT2D eigenvalue weighted by atomic mass is 9.99. The second kappa shape index (κ2) is 9.76. The molecule has 29 heavy (non-hydrogen) atoms. The van der Waals surface area contributed by atoms with Gasteiger partial charge in [-0.3, -0.25) is 4.79 Å². The molecule has 1 heterocycles. The molecule has 0 saturated carbocycles. The van der Waals surface area contributed by atoms with E-state index in [-0.39, 0.29) is 11.7 Å². The number of rotatable bonds is 7. The zero-order valence-electron chi connectivity index (χ0n) is 16.2. The van der Waals surface area contributed by atoms with E-state index in [1.807, 2.05) is 60.7 Å². The van der Waals surface area contributed by atoms with Crippen LogP contribution in [-0.4, -0.2) is 30.4 Å². The summed E-state index contributed by atoms with van der Waals surface area (Å²) in [6, 6.07) is 21.4. The summed E-state index contributed by atoms with van der Waals surface area (Å²) in [6.07, 6.45) is 0. The maximum absolute atomic E-state index is 11.8. The Morgan fingerprint density at radius 2 is 1.83 bits per heavy atom. The number of esters is 1. The quantitative estimate of drug-likeness (QED) is 0.410. The summed E-state index contributed by atoms with van der Waals surface area (Å²) in [5.74, 6) is 0.511. The standard InChI is InChI=1S/C23H20N2O3S/c1-3-28-22(26)15-29-23-20(14-24)19(16-7-5-4-6-8-16)13-21(25-23)17-9-11-18(27-2)12-10-17/h4-13H,3,15H2,1-2H3. The lowest BCUT2D eigenvalue weighted by molar-refractivity contribution is -0.139. The van der Waals surface area contributed by atoms with E-state index in [0.717, 1.165) is 28.1 Å². The number of nitriles is 1. The van der Waals surface area contributed by atoms with Crippen molar-refractivity contribution in [2.45, 2.75) is 11.9 Å². The van der Waals surface area contributed by atoms with E-state index in [1.54, 1.807) is 14.0 Å². The Morgan fingerprint density at radius 3 is 2.45 bits per heavy atom. The number of aromatic nitrogens is 1. The number of carbonyl (C=O) groups is 1. The Hall–Kier alpha value is -3.30. The van der Waals surface area contributed by atoms with Crippen LogP contribution in [0.1, 0.15) is 12.5 Å². The summed E-state index contributed by atoms with van der Waals surface area (Å²) < 4.78 is 10.2. The number of pyridine rings is 1. The van der Waals surface area contributed by atoms with Gasteiger partial charge in [0.25, 0.3) is 0 Å². The summed E-state index contributed by atoms with van der Waals surface area (Å²) in [7, 11) is 1.62. The molecule has 0 aliphatic carbocycles. The molecular weight excluding hydrogens is 384 g/mol. The number of methoxy groups -OCH3 is 1. The van der Waals surface area contributed by atoms with Crippen LogP contribution >= 0.6 is 11.8 Å². The smallest absolute Gasteiger partial charge is 0.316 e. The van der Waals surface area contributed by atoms with E-state index in [4.69, 9.17) is 9.47 Å². The molecule has 0 aliphatic rings. The summed E-state index contributed by atoms with van der Waals surface area (Å²) in [5.41, 5.74) is 3.75. The summed E-state index contributed by atoms with van der Waals surface area (Å²) in [4.78, 5) is 16.5. The molecule has 0 N–H and O–H groups in total. The Kier molecular flexibility index (Phi) is 6.88. The monoisotopic (exact) mass is 404 g/mol. The Labute approximate surface area is 174 Å². The molecule has 5 nitrogen and oxygen atoms in total. The van der Waals surface area contributed by atoms with Crippen molar-refractivity contribution in [3.05, 3.63) is 66.2 Å². The molecule has 0 radical (unpaired) electrons. The van der Waals surface area contributed by atoms with Crippen molar-refractivity contribution in [1.82, 2.24) is 4.98 Å². The number of nitrogens with zero attached hydrogens (tertiary/aromatic N) is 2. The highest BCUT2D eigenvalue weighted by Crippen LogP contribution is 2.34. The molecule has 0 bridgehead atoms. The average Bonchev–Trinajstić information content (AvgIpc) is 2.78. The van der Waals surface area contributed by atoms with Crippen LogP contribution in [0.2, 0.25) is 0 Å². The molecule has 6 heteroatoms. The fourth-order valence-corrected chi connectivity index (χ4v) is 3.62. The van der Waals surface area contributed by atoms with Gasteiger partial charge in [0, 0.05) is 11.1 Å². The molecule has 1 aromatic heterocycles. The minimum absolute atomic E-state index is 0.0931. The minimum atomic E-state index is -0.334. The fourth-order valence-electron chi connectivity index (χ4n) is 2.82. The topological polar surface area (TPSA) is 72.2 Å². The largest absolute Gasteiger partial charge is 0.497 e. The third-order valence-electron chi connectivity index (χ3n) is 4.20. The van der Waals surface area contributed by atoms with Gasteiger partial charge in [0.05, 0.1) is 30.7 Å². The number of hydrogen-bond acceptors (Lipinski definition) is 6. The first kappa shape index (κ1) is 20.4. The van der Waals surface area contributed by atoms with Gasteiger partial charge >= 0.3 is 5.97 Å². The molecule has 0 amide bonds. The second-order valence-electron chi connectivity index (χ2n) is 6.04. The van der Waals surface area contributed by atoms with Gasteiger partial charge in [0.15, 0.2) is 0 Å². The van der Waals surface area contributed by atoms with Crippen molar-refractivity contribution in [1.29, 1.82) is 5.26 Å². The summed E-state index contributed by atoms with van der Waals surface area (Å²) in [5, 5.41) is 10.3. The maximum Gasteiger partial charge on any atom is 0.316 e. The maximum atomic E-state index is 11.8. The molecule has 3 aromatic rings. The van der Waals surface area contributed by atoms with Crippen molar-refractivity contribution in [2.24, 2.45) is 0 Å². The first-order valence-electron chi connectivity index (χ1n) is 9.09. The number of carbonyl (C=O) groups excluding carboxylic acids is 1. The van der Waals surface area contributed by atoms with Crippen LogP contribution in [0.3, 0.4) is 0 Å². The second-order valence-corrected chi connectivity index (χ2v) is 7.00. The van der Waals surface area contributed by atoms with Crippen LogP contribution in [0.4, 0.5) is 0 Å². The first-order chi connectivity index (χ1) is 14.2. The van der Waals surface area contributed by atoms with Gasteiger partial charge in [-0.05, 0) is 42.8 Å². The van der Waals surface area contributed by atoms with Gasteiger partial charge in [0.1, 0.15) is 16.8 Å². The van der Waals surface area contributed by atoms with Crippen LogP contribution in [-0.2, 0) is 9.53 Å². The van der Waals surface area contributed by atoms with Crippen molar-refractivity contribution in [3.8, 4) is 34.2 Å². The molecule has 3 rings (SSSR count). The Bertz CT molecular complexity index is 1030. The first-order valence-corrected chi connectivity index (χ1v) is 10.1. The van der Waals surface area contributed by atoms with Gasteiger partial charge in [-0.15, -0.1) is 0 Å². The Morgan fingerprint density at radius 1 is 1.10 bits per heavy atom. The highest BCUT2D eigenvalue weighted by atomic mass is 32.2. The lowest BCUT2D eigenvalue weighted by Gasteiger charge is -2.12. The number of hydrogen-bond donors (Lipinski definition) is 0. The lowest BCUT2D eigenvalue weighted by Crippen LogP contribution is -2.07. The minimum Gasteiger partial charge on any atom is -0.497 e. The molecule has 146 valence electrons. The van der Waals surface area contributed by atoms with E-state index in [9.17, 15) is 10.1 Å². The van der Waals surface area contributed by atoms with Crippen molar-refractivity contribution >= 4 is 17.7 Å². The average molecular weight is 404 g/mol. The van der Waals surface area contributed by atoms with Crippen LogP contribution in [0.25, 0.3) is 22.4 Å². The Balaban J connectivity index is 2.09. The number of ether oxygens (including phenoxy) is 2. The molecule has 2 aromatic carbocycles. The zero-order chi connectivity index (χ0) is 20.6. The molecule has 0 spiro atoms. The van der Waals surface area contributed by atoms with Crippen LogP contribution in [0.15, 0.2) is 65.7 Å². The predicted octanol–water partition coefficient (Wildman–Crippen LogP) is 4.95. The molecule has 0 fully saturated rings. The van der Waals surface area contributed by atoms with Crippen molar-refractivity contribution < 1.29 is 14.3 Å². The molecule has 0 aliphatic heterocycles. The van der Waals surface area contributed by atoms with E-state index in [1.165, 1.54) is 11.8 Å². The van der Waals surface area contributed by atoms with Gasteiger partial charge < -0.3 is 9.47 Å². The SMILES string of the molecule is CCOC(=O)CSc1nc(-c2ccc(OC)cc2)cc(-c2ccccc2)c1C#N. The summed E-state index contributed by atoms with van der Waals surface area (Å²) in [6.45, 7) is 2.08. The zero-order valence-corrected chi connectivity index (χ0v) is 17.0. The molecule has 0 atom stereocenters. The molecule has 0 unspecified atom stereocenters. The van der Waals surface area contributed by atoms with Gasteiger partial charge in [-0.1, -0.05) is 42.1 Å². The van der Waals surface area contributed by atoms with E-state index < -0.39 is 0 Å². The molecule has 0 saturated heterocycles. The van der Waals surface area contributed by atoms with Crippen molar-refractivity contribution in [2.75, 3.05) is 19.5 Å². The summed E-state index contributed by atoms with van der Waals surface area (Å²) >= 11 is 1.21. The normalized spacial score (nSPS) is 10.2. The highest BCUT2D eigenvalue weighted by molar-refractivity contribution is 7.99. The van der Waals surface area contributed by atoms with E-state index in [0.29, 0.717) is 17.2 Å². The third-order valence-corrected chi connectivity index (χ3v) is 5.15. The fraction of sp³-hybridized carbons (Fsp3) is 0.174. The van der Waals surface area contributed by atoms with Gasteiger partial charge in [-0.2, -0.15) is 5.26 Å². The van der Waals surface area contributed by atoms with Crippen molar-refractivity contribution in [3.63, 3.8) is 0 Å². The van der Waals surface area contributed by atoms with Crippen LogP contribution in [0, 0.1) is 11.3 Å². The number of thioether (sulfide) groups is 1. The highest BCUT2D eigenvalue weighted by Gasteiger charge is 2.17. The van der Waals surface area contributed by atoms with Gasteiger partial charge in [0.2, 0.25) is 0 Å². The predicted molar refractivity (Wildman–Crippen MR) is 114 cm³/mol. The van der Waals surface area contributed by atoms with Gasteiger partial charge in [-0.25, -0.2) is 4.98 Å².